The Kier molecular flexibility index (Phi) is 13.1. The van der Waals surface area contributed by atoms with Gasteiger partial charge in [0, 0.05) is 17.0 Å². The van der Waals surface area contributed by atoms with E-state index >= 15 is 0 Å². The summed E-state index contributed by atoms with van der Waals surface area (Å²) in [6.45, 7) is 10.1. The smallest absolute Gasteiger partial charge is 0.414 e. The fourth-order valence-electron chi connectivity index (χ4n) is 5.93. The van der Waals surface area contributed by atoms with Crippen molar-refractivity contribution < 1.29 is 57.5 Å². The van der Waals surface area contributed by atoms with E-state index in [4.69, 9.17) is 28.4 Å². The van der Waals surface area contributed by atoms with Gasteiger partial charge in [-0.1, -0.05) is 71.9 Å². The lowest BCUT2D eigenvalue weighted by molar-refractivity contribution is -0.169. The monoisotopic (exact) mass is 794 g/mol. The zero-order valence-electron chi connectivity index (χ0n) is 32.5. The Morgan fingerprint density at radius 1 is 0.930 bits per heavy atom. The number of nitrogens with zero attached hydrogens (tertiary/aromatic N) is 3. The molecule has 0 spiro atoms. The number of rotatable bonds is 14. The zero-order valence-corrected chi connectivity index (χ0v) is 32.5. The molecule has 5 atom stereocenters. The van der Waals surface area contributed by atoms with E-state index in [0.717, 1.165) is 5.56 Å². The molecule has 19 nitrogen and oxygen atoms in total. The number of amides is 2. The minimum Gasteiger partial charge on any atom is -0.463 e. The Labute approximate surface area is 326 Å². The number of alkyl carbamates (subject to hydrolysis) is 1. The van der Waals surface area contributed by atoms with Gasteiger partial charge in [-0.15, -0.1) is 0 Å². The van der Waals surface area contributed by atoms with Crippen molar-refractivity contribution in [2.75, 3.05) is 18.7 Å². The Balaban J connectivity index is 1.34. The molecule has 0 radical (unpaired) electrons. The Bertz CT molecular complexity index is 2160. The first kappa shape index (κ1) is 42.1. The summed E-state index contributed by atoms with van der Waals surface area (Å²) in [5.41, 5.74) is -1.63. The number of hydrogen-bond acceptors (Lipinski definition) is 15. The maximum Gasteiger partial charge on any atom is 0.414 e. The van der Waals surface area contributed by atoms with Gasteiger partial charge in [0.1, 0.15) is 36.5 Å². The van der Waals surface area contributed by atoms with Crippen LogP contribution in [-0.2, 0) is 49.4 Å². The van der Waals surface area contributed by atoms with Gasteiger partial charge < -0.3 is 38.8 Å². The normalized spacial score (nSPS) is 19.7. The predicted octanol–water partition coefficient (Wildman–Crippen LogP) is 3.69. The first-order valence-corrected chi connectivity index (χ1v) is 18.2. The van der Waals surface area contributed by atoms with Crippen molar-refractivity contribution in [3.8, 4) is 0 Å². The van der Waals surface area contributed by atoms with Crippen LogP contribution in [0.2, 0.25) is 0 Å². The third-order valence-corrected chi connectivity index (χ3v) is 9.02. The molecule has 2 amide bonds. The van der Waals surface area contributed by atoms with Crippen LogP contribution in [0.1, 0.15) is 60.3 Å². The molecule has 5 unspecified atom stereocenters. The summed E-state index contributed by atoms with van der Waals surface area (Å²) in [4.78, 5) is 76.3. The summed E-state index contributed by atoms with van der Waals surface area (Å²) in [6, 6.07) is 9.19. The number of anilines is 1. The van der Waals surface area contributed by atoms with Crippen LogP contribution >= 0.6 is 0 Å². The van der Waals surface area contributed by atoms with Gasteiger partial charge in [-0.2, -0.15) is 10.2 Å². The van der Waals surface area contributed by atoms with Crippen LogP contribution in [0.25, 0.3) is 21.7 Å². The quantitative estimate of drug-likeness (QED) is 0.0807. The molecule has 57 heavy (non-hydrogen) atoms. The van der Waals surface area contributed by atoms with E-state index in [1.165, 1.54) is 30.1 Å². The first-order valence-electron chi connectivity index (χ1n) is 18.2. The van der Waals surface area contributed by atoms with E-state index in [1.54, 1.807) is 65.8 Å². The number of nitrogens with one attached hydrogen (secondary N) is 3. The Morgan fingerprint density at radius 3 is 2.30 bits per heavy atom. The van der Waals surface area contributed by atoms with Crippen molar-refractivity contribution in [2.24, 2.45) is 17.8 Å². The maximum atomic E-state index is 13.0. The minimum absolute atomic E-state index is 0.0166. The first-order chi connectivity index (χ1) is 27.0. The summed E-state index contributed by atoms with van der Waals surface area (Å²) in [6.07, 6.45) is -3.06. The van der Waals surface area contributed by atoms with E-state index < -0.39 is 90.3 Å². The van der Waals surface area contributed by atoms with E-state index in [2.05, 4.69) is 25.9 Å². The van der Waals surface area contributed by atoms with Crippen molar-refractivity contribution in [1.29, 1.82) is 0 Å². The second kappa shape index (κ2) is 17.8. The number of ether oxygens (including phenoxy) is 6. The highest BCUT2D eigenvalue weighted by atomic mass is 16.7. The van der Waals surface area contributed by atoms with Crippen LogP contribution in [0.3, 0.4) is 0 Å². The van der Waals surface area contributed by atoms with Crippen LogP contribution in [0, 0.1) is 17.8 Å². The van der Waals surface area contributed by atoms with Crippen LogP contribution in [0.4, 0.5) is 15.3 Å². The molecule has 2 aromatic heterocycles. The third kappa shape index (κ3) is 9.84. The second-order valence-corrected chi connectivity index (χ2v) is 14.6. The molecular formula is C38H46N6O13. The molecule has 1 saturated heterocycles. The summed E-state index contributed by atoms with van der Waals surface area (Å²) in [5, 5.41) is 28.3. The molecule has 4 N–H and O–H groups in total. The van der Waals surface area contributed by atoms with Crippen molar-refractivity contribution >= 4 is 57.5 Å². The van der Waals surface area contributed by atoms with E-state index in [9.17, 15) is 33.9 Å². The molecule has 4 aromatic rings. The summed E-state index contributed by atoms with van der Waals surface area (Å²) < 4.78 is 33.9. The fraction of sp³-hybridized carbons (Fsp3) is 0.474. The molecule has 306 valence electrons. The Morgan fingerprint density at radius 2 is 1.63 bits per heavy atom. The van der Waals surface area contributed by atoms with Gasteiger partial charge in [0.15, 0.2) is 12.3 Å². The van der Waals surface area contributed by atoms with Gasteiger partial charge >= 0.3 is 30.1 Å². The number of carbonyl (C=O) groups excluding carboxylic acids is 5. The minimum atomic E-state index is -1.96. The zero-order chi connectivity index (χ0) is 41.6. The molecule has 5 rings (SSSR count). The lowest BCUT2D eigenvalue weighted by Gasteiger charge is -2.30. The van der Waals surface area contributed by atoms with Crippen LogP contribution in [-0.4, -0.2) is 92.4 Å². The topological polar surface area (TPSA) is 249 Å². The van der Waals surface area contributed by atoms with E-state index in [1.807, 2.05) is 6.07 Å². The van der Waals surface area contributed by atoms with Gasteiger partial charge in [0.05, 0.1) is 29.1 Å². The Hall–Kier alpha value is -6.08. The number of H-pyrrole nitrogens is 1. The number of esters is 3. The van der Waals surface area contributed by atoms with Crippen molar-refractivity contribution in [1.82, 2.24) is 25.3 Å². The van der Waals surface area contributed by atoms with Gasteiger partial charge in [-0.05, 0) is 24.5 Å². The SMILES string of the molecule is CC(C)C(=O)OCC1OC(n2cc3c(NC(=O)OCOC(=O)C(NC(=O)OCc4ccccc4)C(C)C)cc4c(=O)[nH]ncc(n2)c34)C(C)(O)C1OC(=O)C(C)C. The average Bonchev–Trinajstić information content (AvgIpc) is 3.58. The number of aromatic nitrogens is 4. The van der Waals surface area contributed by atoms with Crippen molar-refractivity contribution in [3.05, 3.63) is 64.7 Å². The van der Waals surface area contributed by atoms with Crippen LogP contribution < -0.4 is 16.2 Å². The number of aliphatic hydroxyl groups is 1. The summed E-state index contributed by atoms with van der Waals surface area (Å²) >= 11 is 0. The van der Waals surface area contributed by atoms with Gasteiger partial charge in [0.2, 0.25) is 6.79 Å². The lowest BCUT2D eigenvalue weighted by atomic mass is 9.96. The molecule has 1 fully saturated rings. The van der Waals surface area contributed by atoms with Crippen molar-refractivity contribution in [3.63, 3.8) is 0 Å². The second-order valence-electron chi connectivity index (χ2n) is 14.6. The number of benzene rings is 1. The molecular weight excluding hydrogens is 748 g/mol. The van der Waals surface area contributed by atoms with Gasteiger partial charge in [-0.25, -0.2) is 24.2 Å². The average molecular weight is 795 g/mol. The summed E-state index contributed by atoms with van der Waals surface area (Å²) in [7, 11) is 0. The molecule has 0 saturated carbocycles. The molecule has 3 heterocycles. The van der Waals surface area contributed by atoms with Crippen molar-refractivity contribution in [2.45, 2.75) is 85.2 Å². The summed E-state index contributed by atoms with van der Waals surface area (Å²) in [5.74, 6) is -3.48. The highest BCUT2D eigenvalue weighted by molar-refractivity contribution is 6.16. The molecule has 1 aliphatic heterocycles. The van der Waals surface area contributed by atoms with E-state index in [-0.39, 0.29) is 40.6 Å². The maximum absolute atomic E-state index is 13.0. The number of carbonyl (C=O) groups is 5. The lowest BCUT2D eigenvalue weighted by Crippen LogP contribution is -2.48. The number of hydrogen-bond donors (Lipinski definition) is 4. The van der Waals surface area contributed by atoms with Gasteiger partial charge in [-0.3, -0.25) is 19.7 Å². The third-order valence-electron chi connectivity index (χ3n) is 9.02. The fourth-order valence-corrected chi connectivity index (χ4v) is 5.93. The molecule has 0 bridgehead atoms. The standard InChI is InChI=1S/C38H46N6O13/c1-19(2)29(41-37(50)53-16-22-11-9-8-10-12-22)34(48)54-18-55-36(49)40-25-13-23-28-24(25)15-44(43-26(28)14-39-42-31(23)45)35-38(7,51)30(57-33(47)21(5)6)27(56-35)17-52-32(46)20(3)4/h8-15,19-21,27,29-30,35,51H,16-18H2,1-7H3,(H,40,49)(H,41,50)(H,42,45). The van der Waals surface area contributed by atoms with Gasteiger partial charge in [0.25, 0.3) is 5.56 Å². The highest BCUT2D eigenvalue weighted by Crippen LogP contribution is 2.42. The molecule has 0 aliphatic carbocycles. The highest BCUT2D eigenvalue weighted by Gasteiger charge is 2.57. The van der Waals surface area contributed by atoms with Crippen LogP contribution in [0.15, 0.2) is 53.6 Å². The van der Waals surface area contributed by atoms with Crippen LogP contribution in [0.5, 0.6) is 0 Å². The van der Waals surface area contributed by atoms with E-state index in [0.29, 0.717) is 0 Å². The molecule has 19 heteroatoms. The number of aromatic amines is 1. The molecule has 1 aliphatic rings. The predicted molar refractivity (Wildman–Crippen MR) is 200 cm³/mol. The molecule has 2 aromatic carbocycles. The largest absolute Gasteiger partial charge is 0.463 e.